The highest BCUT2D eigenvalue weighted by Crippen LogP contribution is 2.29. The number of hydrogen-bond acceptors (Lipinski definition) is 5. The van der Waals surface area contributed by atoms with E-state index in [1.54, 1.807) is 19.2 Å². The first-order valence-corrected chi connectivity index (χ1v) is 10.2. The first-order chi connectivity index (χ1) is 14.6. The van der Waals surface area contributed by atoms with E-state index >= 15 is 0 Å². The predicted molar refractivity (Wildman–Crippen MR) is 110 cm³/mol. The van der Waals surface area contributed by atoms with Crippen LogP contribution in [0.2, 0.25) is 0 Å². The average Bonchev–Trinajstić information content (AvgIpc) is 3.29. The lowest BCUT2D eigenvalue weighted by Gasteiger charge is -2.15. The normalized spacial score (nSPS) is 15.6. The van der Waals surface area contributed by atoms with Crippen molar-refractivity contribution in [3.8, 4) is 17.2 Å². The van der Waals surface area contributed by atoms with Gasteiger partial charge in [-0.2, -0.15) is 0 Å². The van der Waals surface area contributed by atoms with E-state index in [9.17, 15) is 9.18 Å². The van der Waals surface area contributed by atoms with Crippen molar-refractivity contribution in [3.05, 3.63) is 53.8 Å². The fraction of sp³-hybridized carbons (Fsp3) is 0.435. The Labute approximate surface area is 176 Å². The molecule has 6 nitrogen and oxygen atoms in total. The van der Waals surface area contributed by atoms with E-state index in [4.69, 9.17) is 18.9 Å². The topological polar surface area (TPSA) is 66.0 Å². The van der Waals surface area contributed by atoms with Gasteiger partial charge in [-0.25, -0.2) is 4.39 Å². The average molecular weight is 417 g/mol. The lowest BCUT2D eigenvalue weighted by molar-refractivity contribution is -0.121. The summed E-state index contributed by atoms with van der Waals surface area (Å²) in [5, 5.41) is 2.89. The van der Waals surface area contributed by atoms with Crippen LogP contribution in [0.4, 0.5) is 4.39 Å². The molecular weight excluding hydrogens is 389 g/mol. The van der Waals surface area contributed by atoms with E-state index in [2.05, 4.69) is 5.32 Å². The number of amides is 1. The zero-order chi connectivity index (χ0) is 21.2. The van der Waals surface area contributed by atoms with Gasteiger partial charge in [0.2, 0.25) is 5.91 Å². The molecule has 162 valence electrons. The number of rotatable bonds is 11. The fourth-order valence-corrected chi connectivity index (χ4v) is 3.14. The lowest BCUT2D eigenvalue weighted by Crippen LogP contribution is -2.23. The Kier molecular flexibility index (Phi) is 8.32. The molecule has 1 unspecified atom stereocenters. The summed E-state index contributed by atoms with van der Waals surface area (Å²) in [6, 6.07) is 11.4. The van der Waals surface area contributed by atoms with Crippen LogP contribution in [0, 0.1) is 5.82 Å². The minimum Gasteiger partial charge on any atom is -0.494 e. The Morgan fingerprint density at radius 1 is 1.17 bits per heavy atom. The van der Waals surface area contributed by atoms with Crippen LogP contribution in [0.1, 0.15) is 31.2 Å². The van der Waals surface area contributed by atoms with Crippen LogP contribution >= 0.6 is 0 Å². The minimum atomic E-state index is -0.305. The van der Waals surface area contributed by atoms with E-state index in [0.29, 0.717) is 49.8 Å². The van der Waals surface area contributed by atoms with Crippen LogP contribution in [0.25, 0.3) is 0 Å². The van der Waals surface area contributed by atoms with Gasteiger partial charge in [-0.3, -0.25) is 4.79 Å². The van der Waals surface area contributed by atoms with Crippen molar-refractivity contribution in [2.45, 2.75) is 38.3 Å². The summed E-state index contributed by atoms with van der Waals surface area (Å²) in [5.74, 6) is 1.52. The molecule has 1 fully saturated rings. The molecule has 2 aromatic carbocycles. The fourth-order valence-electron chi connectivity index (χ4n) is 3.14. The zero-order valence-electron chi connectivity index (χ0n) is 17.2. The van der Waals surface area contributed by atoms with Crippen LogP contribution in [0.5, 0.6) is 17.2 Å². The third kappa shape index (κ3) is 6.91. The van der Waals surface area contributed by atoms with E-state index < -0.39 is 0 Å². The molecule has 1 N–H and O–H groups in total. The molecule has 7 heteroatoms. The van der Waals surface area contributed by atoms with E-state index in [-0.39, 0.29) is 17.8 Å². The van der Waals surface area contributed by atoms with Crippen molar-refractivity contribution in [1.29, 1.82) is 0 Å². The van der Waals surface area contributed by atoms with Crippen LogP contribution in [0.15, 0.2) is 42.5 Å². The summed E-state index contributed by atoms with van der Waals surface area (Å²) in [5.41, 5.74) is 0.923. The Morgan fingerprint density at radius 2 is 2.00 bits per heavy atom. The summed E-state index contributed by atoms with van der Waals surface area (Å²) in [4.78, 5) is 12.1. The molecule has 0 aromatic heterocycles. The molecule has 0 saturated carbocycles. The molecule has 1 saturated heterocycles. The van der Waals surface area contributed by atoms with Gasteiger partial charge in [0.25, 0.3) is 0 Å². The zero-order valence-corrected chi connectivity index (χ0v) is 17.2. The number of nitrogens with one attached hydrogen (secondary N) is 1. The van der Waals surface area contributed by atoms with Gasteiger partial charge in [0.1, 0.15) is 18.2 Å². The number of ether oxygens (including phenoxy) is 4. The van der Waals surface area contributed by atoms with Gasteiger partial charge < -0.3 is 24.3 Å². The van der Waals surface area contributed by atoms with Crippen molar-refractivity contribution in [2.75, 3.05) is 26.9 Å². The van der Waals surface area contributed by atoms with Crippen molar-refractivity contribution < 1.29 is 28.1 Å². The van der Waals surface area contributed by atoms with Gasteiger partial charge in [-0.15, -0.1) is 0 Å². The maximum absolute atomic E-state index is 12.8. The first kappa shape index (κ1) is 21.9. The molecule has 1 aliphatic heterocycles. The first-order valence-electron chi connectivity index (χ1n) is 10.2. The molecule has 1 amide bonds. The van der Waals surface area contributed by atoms with Gasteiger partial charge in [-0.1, -0.05) is 6.07 Å². The van der Waals surface area contributed by atoms with Crippen LogP contribution in [-0.2, 0) is 16.1 Å². The third-order valence-corrected chi connectivity index (χ3v) is 4.80. The molecule has 2 aromatic rings. The summed E-state index contributed by atoms with van der Waals surface area (Å²) < 4.78 is 35.2. The Morgan fingerprint density at radius 3 is 2.73 bits per heavy atom. The molecule has 1 atom stereocenters. The maximum atomic E-state index is 12.8. The largest absolute Gasteiger partial charge is 0.494 e. The molecule has 0 spiro atoms. The standard InChI is InChI=1S/C23H28FNO5/c1-27-22-14-17(6-11-21(22)30-16-20-4-2-12-29-20)15-25-23(26)5-3-13-28-19-9-7-18(24)8-10-19/h6-11,14,20H,2-5,12-13,15-16H2,1H3,(H,25,26). The monoisotopic (exact) mass is 417 g/mol. The van der Waals surface area contributed by atoms with E-state index in [0.717, 1.165) is 25.0 Å². The molecule has 1 aliphatic rings. The van der Waals surface area contributed by atoms with Gasteiger partial charge in [0, 0.05) is 19.6 Å². The summed E-state index contributed by atoms with van der Waals surface area (Å²) in [6.07, 6.45) is 3.15. The smallest absolute Gasteiger partial charge is 0.220 e. The van der Waals surface area contributed by atoms with E-state index in [1.165, 1.54) is 12.1 Å². The Bertz CT molecular complexity index is 806. The number of carbonyl (C=O) groups excluding carboxylic acids is 1. The molecular formula is C23H28FNO5. The summed E-state index contributed by atoms with van der Waals surface area (Å²) in [7, 11) is 1.59. The van der Waals surface area contributed by atoms with Gasteiger partial charge in [0.05, 0.1) is 19.8 Å². The van der Waals surface area contributed by atoms with Crippen molar-refractivity contribution in [3.63, 3.8) is 0 Å². The molecule has 0 aliphatic carbocycles. The number of benzene rings is 2. The molecule has 3 rings (SSSR count). The number of carbonyl (C=O) groups is 1. The van der Waals surface area contributed by atoms with Crippen LogP contribution < -0.4 is 19.5 Å². The second-order valence-corrected chi connectivity index (χ2v) is 7.11. The predicted octanol–water partition coefficient (Wildman–Crippen LogP) is 3.87. The number of methoxy groups -OCH3 is 1. The lowest BCUT2D eigenvalue weighted by atomic mass is 10.2. The molecule has 1 heterocycles. The molecule has 0 radical (unpaired) electrons. The van der Waals surface area contributed by atoms with Crippen LogP contribution in [0.3, 0.4) is 0 Å². The SMILES string of the molecule is COc1cc(CNC(=O)CCCOc2ccc(F)cc2)ccc1OCC1CCCO1. The molecule has 0 bridgehead atoms. The Hall–Kier alpha value is -2.80. The summed E-state index contributed by atoms with van der Waals surface area (Å²) in [6.45, 7) is 2.10. The van der Waals surface area contributed by atoms with Gasteiger partial charge in [-0.05, 0) is 61.2 Å². The maximum Gasteiger partial charge on any atom is 0.220 e. The van der Waals surface area contributed by atoms with Gasteiger partial charge >= 0.3 is 0 Å². The van der Waals surface area contributed by atoms with Crippen molar-refractivity contribution >= 4 is 5.91 Å². The van der Waals surface area contributed by atoms with Crippen molar-refractivity contribution in [2.24, 2.45) is 0 Å². The summed E-state index contributed by atoms with van der Waals surface area (Å²) >= 11 is 0. The highest BCUT2D eigenvalue weighted by molar-refractivity contribution is 5.75. The highest BCUT2D eigenvalue weighted by Gasteiger charge is 2.17. The minimum absolute atomic E-state index is 0.0598. The van der Waals surface area contributed by atoms with Gasteiger partial charge in [0.15, 0.2) is 11.5 Å². The number of hydrogen-bond donors (Lipinski definition) is 1. The van der Waals surface area contributed by atoms with Crippen molar-refractivity contribution in [1.82, 2.24) is 5.32 Å². The third-order valence-electron chi connectivity index (χ3n) is 4.80. The second-order valence-electron chi connectivity index (χ2n) is 7.11. The van der Waals surface area contributed by atoms with Crippen LogP contribution in [-0.4, -0.2) is 38.9 Å². The molecule has 30 heavy (non-hydrogen) atoms. The Balaban J connectivity index is 1.37. The van der Waals surface area contributed by atoms with E-state index in [1.807, 2.05) is 18.2 Å². The number of halogens is 1. The quantitative estimate of drug-likeness (QED) is 0.563. The second kappa shape index (κ2) is 11.4. The highest BCUT2D eigenvalue weighted by atomic mass is 19.1.